The molecule has 0 aliphatic heterocycles. The molecule has 1 aromatic carbocycles. The van der Waals surface area contributed by atoms with Crippen LogP contribution in [-0.2, 0) is 0 Å². The first-order valence-corrected chi connectivity index (χ1v) is 6.12. The summed E-state index contributed by atoms with van der Waals surface area (Å²) in [4.78, 5) is 0. The van der Waals surface area contributed by atoms with Crippen LogP contribution in [0.2, 0.25) is 0 Å². The van der Waals surface area contributed by atoms with Crippen LogP contribution in [0.15, 0.2) is 18.2 Å². The lowest BCUT2D eigenvalue weighted by molar-refractivity contribution is 0.270. The van der Waals surface area contributed by atoms with E-state index in [9.17, 15) is 4.39 Å². The average Bonchev–Trinajstić information content (AvgIpc) is 2.23. The second-order valence-electron chi connectivity index (χ2n) is 4.15. The second-order valence-corrected chi connectivity index (χ2v) is 4.53. The highest BCUT2D eigenvalue weighted by Gasteiger charge is 2.05. The number of halogens is 2. The molecule has 0 amide bonds. The molecule has 3 heteroatoms. The van der Waals surface area contributed by atoms with Gasteiger partial charge in [0.25, 0.3) is 0 Å². The first-order chi connectivity index (χ1) is 7.63. The van der Waals surface area contributed by atoms with Crippen molar-refractivity contribution < 1.29 is 9.13 Å². The molecule has 0 heterocycles. The Labute approximate surface area is 102 Å². The van der Waals surface area contributed by atoms with Gasteiger partial charge in [-0.15, -0.1) is 11.6 Å². The van der Waals surface area contributed by atoms with Gasteiger partial charge in [0.1, 0.15) is 0 Å². The highest BCUT2D eigenvalue weighted by molar-refractivity contribution is 6.17. The zero-order valence-electron chi connectivity index (χ0n) is 9.80. The largest absolute Gasteiger partial charge is 0.490 e. The van der Waals surface area contributed by atoms with Gasteiger partial charge in [-0.1, -0.05) is 13.0 Å². The van der Waals surface area contributed by atoms with Gasteiger partial charge in [-0.2, -0.15) is 0 Å². The molecule has 0 aliphatic carbocycles. The van der Waals surface area contributed by atoms with Crippen LogP contribution in [0.3, 0.4) is 0 Å². The van der Waals surface area contributed by atoms with Crippen LogP contribution < -0.4 is 4.74 Å². The van der Waals surface area contributed by atoms with Gasteiger partial charge in [0, 0.05) is 5.88 Å². The fraction of sp³-hybridized carbons (Fsp3) is 0.538. The zero-order chi connectivity index (χ0) is 12.0. The number of ether oxygens (including phenoxy) is 1. The molecule has 0 aliphatic rings. The molecule has 0 spiro atoms. The Morgan fingerprint density at radius 2 is 2.12 bits per heavy atom. The lowest BCUT2D eigenvalue weighted by Crippen LogP contribution is -2.05. The van der Waals surface area contributed by atoms with Crippen molar-refractivity contribution in [3.63, 3.8) is 0 Å². The number of aryl methyl sites for hydroxylation is 1. The van der Waals surface area contributed by atoms with Crippen LogP contribution in [0.4, 0.5) is 4.39 Å². The maximum Gasteiger partial charge on any atom is 0.165 e. The summed E-state index contributed by atoms with van der Waals surface area (Å²) in [6.07, 6.45) is 1.88. The van der Waals surface area contributed by atoms with E-state index in [0.717, 1.165) is 18.4 Å². The van der Waals surface area contributed by atoms with Gasteiger partial charge in [0.15, 0.2) is 11.6 Å². The summed E-state index contributed by atoms with van der Waals surface area (Å²) in [5.41, 5.74) is 1.00. The quantitative estimate of drug-likeness (QED) is 0.683. The molecule has 0 aromatic heterocycles. The molecule has 1 unspecified atom stereocenters. The van der Waals surface area contributed by atoms with Crippen LogP contribution in [0, 0.1) is 18.7 Å². The monoisotopic (exact) mass is 244 g/mol. The molecule has 0 fully saturated rings. The molecule has 1 atom stereocenters. The third kappa shape index (κ3) is 4.40. The Morgan fingerprint density at radius 1 is 1.38 bits per heavy atom. The minimum Gasteiger partial charge on any atom is -0.490 e. The Kier molecular flexibility index (Phi) is 5.61. The van der Waals surface area contributed by atoms with Gasteiger partial charge in [0.05, 0.1) is 6.61 Å². The summed E-state index contributed by atoms with van der Waals surface area (Å²) in [5.74, 6) is 1.24. The van der Waals surface area contributed by atoms with Crippen LogP contribution in [0.5, 0.6) is 5.75 Å². The van der Waals surface area contributed by atoms with E-state index in [1.807, 2.05) is 6.92 Å². The number of benzene rings is 1. The van der Waals surface area contributed by atoms with Crippen molar-refractivity contribution in [1.29, 1.82) is 0 Å². The Balaban J connectivity index is 2.39. The van der Waals surface area contributed by atoms with Crippen molar-refractivity contribution in [3.8, 4) is 5.75 Å². The highest BCUT2D eigenvalue weighted by Crippen LogP contribution is 2.19. The van der Waals surface area contributed by atoms with Crippen molar-refractivity contribution in [1.82, 2.24) is 0 Å². The molecule has 0 bridgehead atoms. The smallest absolute Gasteiger partial charge is 0.165 e. The normalized spacial score (nSPS) is 12.5. The molecule has 1 aromatic rings. The van der Waals surface area contributed by atoms with Gasteiger partial charge < -0.3 is 4.74 Å². The summed E-state index contributed by atoms with van der Waals surface area (Å²) in [7, 11) is 0. The standard InChI is InChI=1S/C13H18ClFO/c1-10(5-7-14)6-8-16-13-9-11(2)3-4-12(13)15/h3-4,9-10H,5-8H2,1-2H3. The average molecular weight is 245 g/mol. The Hall–Kier alpha value is -0.760. The maximum atomic E-state index is 13.3. The van der Waals surface area contributed by atoms with Gasteiger partial charge in [0.2, 0.25) is 0 Å². The number of alkyl halides is 1. The minimum absolute atomic E-state index is 0.296. The summed E-state index contributed by atoms with van der Waals surface area (Å²) in [6.45, 7) is 4.58. The van der Waals surface area contributed by atoms with Crippen molar-refractivity contribution in [2.75, 3.05) is 12.5 Å². The maximum absolute atomic E-state index is 13.3. The van der Waals surface area contributed by atoms with Gasteiger partial charge >= 0.3 is 0 Å². The summed E-state index contributed by atoms with van der Waals surface area (Å²) in [6, 6.07) is 4.90. The molecule has 1 nitrogen and oxygen atoms in total. The van der Waals surface area contributed by atoms with E-state index in [0.29, 0.717) is 24.2 Å². The molecule has 0 saturated heterocycles. The van der Waals surface area contributed by atoms with Crippen molar-refractivity contribution in [2.45, 2.75) is 26.7 Å². The van der Waals surface area contributed by atoms with E-state index in [-0.39, 0.29) is 5.82 Å². The molecular weight excluding hydrogens is 227 g/mol. The van der Waals surface area contributed by atoms with E-state index in [2.05, 4.69) is 6.92 Å². The van der Waals surface area contributed by atoms with E-state index >= 15 is 0 Å². The Bertz CT molecular complexity index is 328. The number of hydrogen-bond donors (Lipinski definition) is 0. The SMILES string of the molecule is Cc1ccc(F)c(OCCC(C)CCCl)c1. The molecule has 90 valence electrons. The molecule has 0 N–H and O–H groups in total. The van der Waals surface area contributed by atoms with Gasteiger partial charge in [-0.05, 0) is 43.4 Å². The van der Waals surface area contributed by atoms with Crippen LogP contribution in [0.1, 0.15) is 25.3 Å². The third-order valence-electron chi connectivity index (χ3n) is 2.56. The summed E-state index contributed by atoms with van der Waals surface area (Å²) >= 11 is 5.64. The Morgan fingerprint density at radius 3 is 2.81 bits per heavy atom. The highest BCUT2D eigenvalue weighted by atomic mass is 35.5. The number of hydrogen-bond acceptors (Lipinski definition) is 1. The molecule has 16 heavy (non-hydrogen) atoms. The summed E-state index contributed by atoms with van der Waals surface area (Å²) < 4.78 is 18.7. The molecule has 0 radical (unpaired) electrons. The second kappa shape index (κ2) is 6.74. The predicted octanol–water partition coefficient (Wildman–Crippen LogP) is 4.17. The molecular formula is C13H18ClFO. The zero-order valence-corrected chi connectivity index (χ0v) is 10.6. The third-order valence-corrected chi connectivity index (χ3v) is 2.78. The van der Waals surface area contributed by atoms with Crippen LogP contribution in [-0.4, -0.2) is 12.5 Å². The van der Waals surface area contributed by atoms with Crippen molar-refractivity contribution >= 4 is 11.6 Å². The van der Waals surface area contributed by atoms with E-state index in [4.69, 9.17) is 16.3 Å². The first-order valence-electron chi connectivity index (χ1n) is 5.58. The fourth-order valence-corrected chi connectivity index (χ4v) is 1.79. The van der Waals surface area contributed by atoms with Crippen LogP contribution in [0.25, 0.3) is 0 Å². The topological polar surface area (TPSA) is 9.23 Å². The first kappa shape index (κ1) is 13.3. The van der Waals surface area contributed by atoms with E-state index in [1.165, 1.54) is 6.07 Å². The lowest BCUT2D eigenvalue weighted by atomic mass is 10.1. The predicted molar refractivity (Wildman–Crippen MR) is 65.8 cm³/mol. The van der Waals surface area contributed by atoms with Gasteiger partial charge in [-0.3, -0.25) is 0 Å². The minimum atomic E-state index is -0.296. The molecule has 0 saturated carbocycles. The van der Waals surface area contributed by atoms with Crippen LogP contribution >= 0.6 is 11.6 Å². The van der Waals surface area contributed by atoms with Crippen molar-refractivity contribution in [2.24, 2.45) is 5.92 Å². The fourth-order valence-electron chi connectivity index (χ4n) is 1.42. The van der Waals surface area contributed by atoms with Crippen molar-refractivity contribution in [3.05, 3.63) is 29.6 Å². The van der Waals surface area contributed by atoms with E-state index < -0.39 is 0 Å². The van der Waals surface area contributed by atoms with Gasteiger partial charge in [-0.25, -0.2) is 4.39 Å². The lowest BCUT2D eigenvalue weighted by Gasteiger charge is -2.11. The summed E-state index contributed by atoms with van der Waals surface area (Å²) in [5, 5.41) is 0. The number of rotatable bonds is 6. The van der Waals surface area contributed by atoms with E-state index in [1.54, 1.807) is 12.1 Å². The molecule has 1 rings (SSSR count).